The van der Waals surface area contributed by atoms with Crippen molar-refractivity contribution >= 4 is 17.5 Å². The third-order valence-electron chi connectivity index (χ3n) is 5.21. The smallest absolute Gasteiger partial charge is 0.261 e. The molecule has 25 heavy (non-hydrogen) atoms. The number of rotatable bonds is 4. The zero-order chi connectivity index (χ0) is 17.2. The molecule has 2 heterocycles. The highest BCUT2D eigenvalue weighted by molar-refractivity contribution is 6.32. The van der Waals surface area contributed by atoms with Crippen LogP contribution in [0, 0.1) is 11.8 Å². The molecule has 0 aromatic heterocycles. The van der Waals surface area contributed by atoms with Crippen LogP contribution < -0.4 is 10.1 Å². The number of nitrogens with one attached hydrogen (secondary N) is 1. The third kappa shape index (κ3) is 3.24. The van der Waals surface area contributed by atoms with Crippen molar-refractivity contribution in [2.24, 2.45) is 11.8 Å². The molecule has 2 aromatic rings. The Morgan fingerprint density at radius 1 is 1.12 bits per heavy atom. The Hall–Kier alpha value is -2.04. The molecule has 4 nitrogen and oxygen atoms in total. The average molecular weight is 357 g/mol. The van der Waals surface area contributed by atoms with Gasteiger partial charge in [0.25, 0.3) is 5.91 Å². The van der Waals surface area contributed by atoms with Crippen molar-refractivity contribution in [3.8, 4) is 5.75 Å². The van der Waals surface area contributed by atoms with Gasteiger partial charge in [-0.25, -0.2) is 0 Å². The lowest BCUT2D eigenvalue weighted by Gasteiger charge is -2.28. The second kappa shape index (κ2) is 7.06. The first-order valence-corrected chi connectivity index (χ1v) is 9.04. The molecule has 2 fully saturated rings. The van der Waals surface area contributed by atoms with Gasteiger partial charge < -0.3 is 15.0 Å². The van der Waals surface area contributed by atoms with Crippen LogP contribution >= 0.6 is 11.6 Å². The normalized spacial score (nSPS) is 25.0. The lowest BCUT2D eigenvalue weighted by molar-refractivity contribution is -0.134. The van der Waals surface area contributed by atoms with E-state index in [0.717, 1.165) is 19.6 Å². The van der Waals surface area contributed by atoms with E-state index in [1.54, 1.807) is 12.1 Å². The van der Waals surface area contributed by atoms with Gasteiger partial charge in [-0.1, -0.05) is 54.1 Å². The van der Waals surface area contributed by atoms with Crippen molar-refractivity contribution in [1.29, 1.82) is 0 Å². The van der Waals surface area contributed by atoms with E-state index < -0.39 is 0 Å². The number of para-hydroxylation sites is 1. The first-order valence-electron chi connectivity index (χ1n) is 8.66. The van der Waals surface area contributed by atoms with E-state index in [1.165, 1.54) is 5.56 Å². The number of carbonyl (C=O) groups excluding carboxylic acids is 1. The largest absolute Gasteiger partial charge is 0.482 e. The summed E-state index contributed by atoms with van der Waals surface area (Å²) in [5.41, 5.74) is 1.20. The van der Waals surface area contributed by atoms with Crippen LogP contribution in [0.2, 0.25) is 5.02 Å². The Morgan fingerprint density at radius 2 is 1.88 bits per heavy atom. The van der Waals surface area contributed by atoms with E-state index in [0.29, 0.717) is 22.6 Å². The SMILES string of the molecule is O=C(COc1ccccc1Cl)N1C[C@@H]2CNC[C@@H]2[C@@H]1c1ccccc1. The van der Waals surface area contributed by atoms with E-state index in [4.69, 9.17) is 16.3 Å². The topological polar surface area (TPSA) is 41.6 Å². The highest BCUT2D eigenvalue weighted by Gasteiger charge is 2.46. The van der Waals surface area contributed by atoms with Gasteiger partial charge in [-0.2, -0.15) is 0 Å². The van der Waals surface area contributed by atoms with Crippen LogP contribution in [0.3, 0.4) is 0 Å². The van der Waals surface area contributed by atoms with Crippen LogP contribution in [0.15, 0.2) is 54.6 Å². The molecule has 1 amide bonds. The van der Waals surface area contributed by atoms with Gasteiger partial charge >= 0.3 is 0 Å². The van der Waals surface area contributed by atoms with E-state index in [2.05, 4.69) is 17.4 Å². The molecule has 4 rings (SSSR count). The van der Waals surface area contributed by atoms with Crippen molar-refractivity contribution in [1.82, 2.24) is 10.2 Å². The maximum absolute atomic E-state index is 12.9. The van der Waals surface area contributed by atoms with Crippen molar-refractivity contribution < 1.29 is 9.53 Å². The van der Waals surface area contributed by atoms with Crippen LogP contribution in [0.25, 0.3) is 0 Å². The maximum atomic E-state index is 12.9. The molecule has 0 aliphatic carbocycles. The fraction of sp³-hybridized carbons (Fsp3) is 0.350. The summed E-state index contributed by atoms with van der Waals surface area (Å²) in [6.07, 6.45) is 0. The van der Waals surface area contributed by atoms with Crippen molar-refractivity contribution in [2.75, 3.05) is 26.2 Å². The Kier molecular flexibility index (Phi) is 4.64. The Morgan fingerprint density at radius 3 is 2.68 bits per heavy atom. The zero-order valence-corrected chi connectivity index (χ0v) is 14.7. The van der Waals surface area contributed by atoms with Gasteiger partial charge in [0.05, 0.1) is 11.1 Å². The van der Waals surface area contributed by atoms with Gasteiger partial charge in [0.2, 0.25) is 0 Å². The second-order valence-electron chi connectivity index (χ2n) is 6.70. The average Bonchev–Trinajstić information content (AvgIpc) is 3.22. The number of benzene rings is 2. The zero-order valence-electron chi connectivity index (χ0n) is 13.9. The molecule has 0 bridgehead atoms. The van der Waals surface area contributed by atoms with Crippen LogP contribution in [-0.4, -0.2) is 37.0 Å². The highest BCUT2D eigenvalue weighted by atomic mass is 35.5. The monoisotopic (exact) mass is 356 g/mol. The highest BCUT2D eigenvalue weighted by Crippen LogP contribution is 2.42. The predicted molar refractivity (Wildman–Crippen MR) is 97.7 cm³/mol. The first kappa shape index (κ1) is 16.4. The quantitative estimate of drug-likeness (QED) is 0.915. The minimum Gasteiger partial charge on any atom is -0.482 e. The van der Waals surface area contributed by atoms with Crippen LogP contribution in [0.1, 0.15) is 11.6 Å². The molecule has 5 heteroatoms. The maximum Gasteiger partial charge on any atom is 0.261 e. The Bertz CT molecular complexity index is 752. The van der Waals surface area contributed by atoms with Crippen LogP contribution in [0.4, 0.5) is 0 Å². The summed E-state index contributed by atoms with van der Waals surface area (Å²) in [5, 5.41) is 3.99. The molecule has 2 aliphatic heterocycles. The number of hydrogen-bond acceptors (Lipinski definition) is 3. The van der Waals surface area contributed by atoms with Crippen molar-refractivity contribution in [3.63, 3.8) is 0 Å². The number of halogens is 1. The standard InChI is InChI=1S/C20H21ClN2O2/c21-17-8-4-5-9-18(17)25-13-19(24)23-12-15-10-22-11-16(15)20(23)14-6-2-1-3-7-14/h1-9,15-16,20,22H,10-13H2/t15-,16-,20-/m0/s1. The van der Waals surface area contributed by atoms with Crippen molar-refractivity contribution in [2.45, 2.75) is 6.04 Å². The number of likely N-dealkylation sites (tertiary alicyclic amines) is 1. The van der Waals surface area contributed by atoms with Gasteiger partial charge in [-0.15, -0.1) is 0 Å². The van der Waals surface area contributed by atoms with Crippen LogP contribution in [0.5, 0.6) is 5.75 Å². The van der Waals surface area contributed by atoms with Crippen LogP contribution in [-0.2, 0) is 4.79 Å². The Labute approximate surface area is 152 Å². The van der Waals surface area contributed by atoms with E-state index in [1.807, 2.05) is 35.2 Å². The summed E-state index contributed by atoms with van der Waals surface area (Å²) in [4.78, 5) is 14.9. The fourth-order valence-corrected chi connectivity index (χ4v) is 4.23. The number of fused-ring (bicyclic) bond motifs is 1. The van der Waals surface area contributed by atoms with Gasteiger partial charge in [0, 0.05) is 25.6 Å². The molecule has 0 saturated carbocycles. The summed E-state index contributed by atoms with van der Waals surface area (Å²) in [6, 6.07) is 17.7. The van der Waals surface area contributed by atoms with Crippen molar-refractivity contribution in [3.05, 3.63) is 65.2 Å². The molecular formula is C20H21ClN2O2. The number of amides is 1. The summed E-state index contributed by atoms with van der Waals surface area (Å²) in [7, 11) is 0. The van der Waals surface area contributed by atoms with Gasteiger partial charge in [-0.3, -0.25) is 4.79 Å². The molecule has 3 atom stereocenters. The van der Waals surface area contributed by atoms with Gasteiger partial charge in [0.15, 0.2) is 6.61 Å². The fourth-order valence-electron chi connectivity index (χ4n) is 4.04. The molecule has 2 aliphatic rings. The molecule has 2 aromatic carbocycles. The molecular weight excluding hydrogens is 336 g/mol. The summed E-state index contributed by atoms with van der Waals surface area (Å²) in [6.45, 7) is 2.73. The molecule has 0 radical (unpaired) electrons. The second-order valence-corrected chi connectivity index (χ2v) is 7.11. The molecule has 0 spiro atoms. The predicted octanol–water partition coefficient (Wildman–Crippen LogP) is 3.14. The first-order chi connectivity index (χ1) is 12.2. The molecule has 130 valence electrons. The minimum absolute atomic E-state index is 0.0138. The number of nitrogens with zero attached hydrogens (tertiary/aromatic N) is 1. The van der Waals surface area contributed by atoms with E-state index in [-0.39, 0.29) is 18.6 Å². The Balaban J connectivity index is 1.51. The number of ether oxygens (including phenoxy) is 1. The molecule has 1 N–H and O–H groups in total. The summed E-state index contributed by atoms with van der Waals surface area (Å²) < 4.78 is 5.68. The van der Waals surface area contributed by atoms with E-state index >= 15 is 0 Å². The minimum atomic E-state index is 0.0138. The number of hydrogen-bond donors (Lipinski definition) is 1. The summed E-state index contributed by atoms with van der Waals surface area (Å²) in [5.74, 6) is 1.54. The van der Waals surface area contributed by atoms with Gasteiger partial charge in [0.1, 0.15) is 5.75 Å². The van der Waals surface area contributed by atoms with Gasteiger partial charge in [-0.05, 0) is 23.6 Å². The molecule has 2 saturated heterocycles. The molecule has 0 unspecified atom stereocenters. The lowest BCUT2D eigenvalue weighted by Crippen LogP contribution is -2.37. The van der Waals surface area contributed by atoms with E-state index in [9.17, 15) is 4.79 Å². The lowest BCUT2D eigenvalue weighted by atomic mass is 9.89. The number of carbonyl (C=O) groups is 1. The summed E-state index contributed by atoms with van der Waals surface area (Å²) >= 11 is 6.11. The third-order valence-corrected chi connectivity index (χ3v) is 5.53.